The van der Waals surface area contributed by atoms with Crippen molar-refractivity contribution < 1.29 is 30.0 Å². The van der Waals surface area contributed by atoms with Gasteiger partial charge in [0.05, 0.1) is 6.10 Å². The third-order valence-electron chi connectivity index (χ3n) is 4.96. The summed E-state index contributed by atoms with van der Waals surface area (Å²) < 4.78 is 5.49. The first-order valence-corrected chi connectivity index (χ1v) is 9.07. The van der Waals surface area contributed by atoms with Crippen LogP contribution in [0.2, 0.25) is 0 Å². The molecule has 0 aromatic heterocycles. The molecule has 1 aromatic carbocycles. The minimum absolute atomic E-state index is 0.0548. The molecule has 0 bridgehead atoms. The maximum absolute atomic E-state index is 12.6. The second-order valence-electron chi connectivity index (χ2n) is 7.29. The molecular formula is C21H28O6. The van der Waals surface area contributed by atoms with Gasteiger partial charge in [0.1, 0.15) is 29.6 Å². The van der Waals surface area contributed by atoms with Crippen molar-refractivity contribution in [3.05, 3.63) is 47.1 Å². The number of aliphatic hydroxyl groups is 3. The number of phenols is 1. The van der Waals surface area contributed by atoms with Crippen molar-refractivity contribution in [3.63, 3.8) is 0 Å². The van der Waals surface area contributed by atoms with E-state index in [1.54, 1.807) is 52.0 Å². The van der Waals surface area contributed by atoms with E-state index in [4.69, 9.17) is 4.74 Å². The second kappa shape index (κ2) is 8.69. The van der Waals surface area contributed by atoms with E-state index in [1.807, 2.05) is 0 Å². The number of aliphatic hydroxyl groups excluding tert-OH is 3. The van der Waals surface area contributed by atoms with Gasteiger partial charge in [-0.25, -0.2) is 4.79 Å². The van der Waals surface area contributed by atoms with Gasteiger partial charge in [0.15, 0.2) is 0 Å². The first-order chi connectivity index (χ1) is 12.6. The Labute approximate surface area is 159 Å². The fraction of sp³-hybridized carbons (Fsp3) is 0.476. The Balaban J connectivity index is 2.53. The molecule has 0 radical (unpaired) electrons. The minimum atomic E-state index is -1.36. The fourth-order valence-electron chi connectivity index (χ4n) is 2.93. The highest BCUT2D eigenvalue weighted by atomic mass is 16.5. The van der Waals surface area contributed by atoms with Gasteiger partial charge < -0.3 is 25.2 Å². The van der Waals surface area contributed by atoms with E-state index >= 15 is 0 Å². The number of fused-ring (bicyclic) bond motifs is 1. The van der Waals surface area contributed by atoms with Crippen molar-refractivity contribution >= 4 is 12.0 Å². The van der Waals surface area contributed by atoms with Crippen LogP contribution in [0.25, 0.3) is 6.08 Å². The Hall–Kier alpha value is -2.15. The van der Waals surface area contributed by atoms with E-state index < -0.39 is 36.3 Å². The second-order valence-corrected chi connectivity index (χ2v) is 7.29. The molecule has 0 amide bonds. The highest BCUT2D eigenvalue weighted by molar-refractivity contribution is 5.96. The molecule has 4 N–H and O–H groups in total. The Kier molecular flexibility index (Phi) is 6.81. The molecule has 148 valence electrons. The highest BCUT2D eigenvalue weighted by Gasteiger charge is 2.28. The number of carbonyl (C=O) groups excluding carboxylic acids is 1. The Morgan fingerprint density at radius 2 is 1.59 bits per heavy atom. The molecule has 2 unspecified atom stereocenters. The van der Waals surface area contributed by atoms with Crippen LogP contribution in [0.5, 0.6) is 5.75 Å². The quantitative estimate of drug-likeness (QED) is 0.408. The summed E-state index contributed by atoms with van der Waals surface area (Å²) in [4.78, 5) is 12.6. The van der Waals surface area contributed by atoms with Crippen LogP contribution in [0.4, 0.5) is 0 Å². The van der Waals surface area contributed by atoms with Crippen molar-refractivity contribution in [2.45, 2.75) is 52.1 Å². The third kappa shape index (κ3) is 4.97. The molecule has 1 aromatic rings. The number of esters is 1. The van der Waals surface area contributed by atoms with Crippen LogP contribution in [0.1, 0.15) is 42.3 Å². The maximum Gasteiger partial charge on any atom is 0.342 e. The average molecular weight is 376 g/mol. The first-order valence-electron chi connectivity index (χ1n) is 9.07. The Morgan fingerprint density at radius 1 is 0.926 bits per heavy atom. The summed E-state index contributed by atoms with van der Waals surface area (Å²) in [6.45, 7) is 6.98. The lowest BCUT2D eigenvalue weighted by Gasteiger charge is -2.25. The lowest BCUT2D eigenvalue weighted by Crippen LogP contribution is -2.39. The van der Waals surface area contributed by atoms with E-state index in [1.165, 1.54) is 12.1 Å². The Morgan fingerprint density at radius 3 is 2.26 bits per heavy atom. The molecular weight excluding hydrogens is 348 g/mol. The number of benzene rings is 1. The van der Waals surface area contributed by atoms with Gasteiger partial charge in [-0.15, -0.1) is 0 Å². The largest absolute Gasteiger partial charge is 0.507 e. The standard InChI is InChI=1S/C21H28O6/c1-11-9-15-7-5-13(3)19(24)20(25)16(22)8-6-12(2)14(4)27-21(26)18(15)17(23)10-11/h5-10,12-14,16,19-20,22-25H,1-4H3/b7-5+,8-6-/t12-,13?,14+,16?,19+,20-/m1/s1. The first kappa shape index (κ1) is 21.2. The summed E-state index contributed by atoms with van der Waals surface area (Å²) in [6, 6.07) is 3.22. The van der Waals surface area contributed by atoms with E-state index in [9.17, 15) is 25.2 Å². The molecule has 2 rings (SSSR count). The minimum Gasteiger partial charge on any atom is -0.507 e. The molecule has 0 saturated heterocycles. The predicted octanol–water partition coefficient (Wildman–Crippen LogP) is 2.18. The number of rotatable bonds is 0. The van der Waals surface area contributed by atoms with Gasteiger partial charge in [0.25, 0.3) is 0 Å². The summed E-state index contributed by atoms with van der Waals surface area (Å²) in [5.74, 6) is -1.58. The molecule has 27 heavy (non-hydrogen) atoms. The van der Waals surface area contributed by atoms with Crippen LogP contribution in [0.15, 0.2) is 30.4 Å². The average Bonchev–Trinajstić information content (AvgIpc) is 2.60. The van der Waals surface area contributed by atoms with Crippen LogP contribution >= 0.6 is 0 Å². The SMILES string of the molecule is Cc1cc(O)c2c(c1)/C=C/C(C)[C@H](O)[C@H](O)C(O)/C=C\[C@@H](C)[C@H](C)OC2=O. The van der Waals surface area contributed by atoms with E-state index in [0.717, 1.165) is 5.56 Å². The number of hydrogen-bond acceptors (Lipinski definition) is 6. The van der Waals surface area contributed by atoms with Crippen molar-refractivity contribution in [2.24, 2.45) is 11.8 Å². The lowest BCUT2D eigenvalue weighted by atomic mass is 9.93. The topological polar surface area (TPSA) is 107 Å². The molecule has 6 nitrogen and oxygen atoms in total. The molecule has 0 spiro atoms. The number of ether oxygens (including phenoxy) is 1. The van der Waals surface area contributed by atoms with Gasteiger partial charge in [0.2, 0.25) is 0 Å². The van der Waals surface area contributed by atoms with Crippen molar-refractivity contribution in [1.29, 1.82) is 0 Å². The number of cyclic esters (lactones) is 1. The van der Waals surface area contributed by atoms with Crippen LogP contribution in [0.3, 0.4) is 0 Å². The number of carbonyl (C=O) groups is 1. The van der Waals surface area contributed by atoms with Crippen LogP contribution < -0.4 is 0 Å². The maximum atomic E-state index is 12.6. The normalized spacial score (nSPS) is 34.9. The fourth-order valence-corrected chi connectivity index (χ4v) is 2.93. The molecule has 0 saturated carbocycles. The molecule has 6 heteroatoms. The van der Waals surface area contributed by atoms with Gasteiger partial charge in [-0.2, -0.15) is 0 Å². The number of aromatic hydroxyl groups is 1. The van der Waals surface area contributed by atoms with Gasteiger partial charge in [-0.05, 0) is 31.0 Å². The van der Waals surface area contributed by atoms with Gasteiger partial charge >= 0.3 is 5.97 Å². The third-order valence-corrected chi connectivity index (χ3v) is 4.96. The molecule has 1 aliphatic heterocycles. The highest BCUT2D eigenvalue weighted by Crippen LogP contribution is 2.28. The smallest absolute Gasteiger partial charge is 0.342 e. The summed E-state index contributed by atoms with van der Waals surface area (Å²) in [5.41, 5.74) is 1.27. The lowest BCUT2D eigenvalue weighted by molar-refractivity contribution is -0.0550. The van der Waals surface area contributed by atoms with Crippen LogP contribution in [0, 0.1) is 18.8 Å². The van der Waals surface area contributed by atoms with Gasteiger partial charge in [0, 0.05) is 11.8 Å². The van der Waals surface area contributed by atoms with E-state index in [-0.39, 0.29) is 17.2 Å². The van der Waals surface area contributed by atoms with E-state index in [2.05, 4.69) is 0 Å². The summed E-state index contributed by atoms with van der Waals surface area (Å²) >= 11 is 0. The molecule has 6 atom stereocenters. The van der Waals surface area contributed by atoms with E-state index in [0.29, 0.717) is 5.56 Å². The summed E-state index contributed by atoms with van der Waals surface area (Å²) in [5, 5.41) is 40.9. The molecule has 0 aliphatic carbocycles. The van der Waals surface area contributed by atoms with Crippen molar-refractivity contribution in [3.8, 4) is 5.75 Å². The van der Waals surface area contributed by atoms with Crippen molar-refractivity contribution in [2.75, 3.05) is 0 Å². The van der Waals surface area contributed by atoms with Crippen molar-refractivity contribution in [1.82, 2.24) is 0 Å². The van der Waals surface area contributed by atoms with Crippen LogP contribution in [-0.2, 0) is 4.74 Å². The zero-order valence-corrected chi connectivity index (χ0v) is 16.0. The predicted molar refractivity (Wildman–Crippen MR) is 102 cm³/mol. The zero-order valence-electron chi connectivity index (χ0n) is 16.0. The monoisotopic (exact) mass is 376 g/mol. The molecule has 1 heterocycles. The van der Waals surface area contributed by atoms with Gasteiger partial charge in [-0.3, -0.25) is 0 Å². The number of phenolic OH excluding ortho intramolecular Hbond substituents is 1. The number of aryl methyl sites for hydroxylation is 1. The summed E-state index contributed by atoms with van der Waals surface area (Å²) in [6.07, 6.45) is 1.90. The Bertz CT molecular complexity index is 738. The zero-order chi connectivity index (χ0) is 20.3. The van der Waals surface area contributed by atoms with Gasteiger partial charge in [-0.1, -0.05) is 44.2 Å². The molecule has 0 fully saturated rings. The number of hydrogen-bond donors (Lipinski definition) is 4. The molecule has 1 aliphatic rings. The van der Waals surface area contributed by atoms with Crippen LogP contribution in [-0.4, -0.2) is 50.8 Å². The summed E-state index contributed by atoms with van der Waals surface area (Å²) in [7, 11) is 0.